The SMILES string of the molecule is C=C(C)[C@H]1CCC(C)=C[C@@H]1c1c(O)cc(CCc2ccccc2)cc1O.CC(C)[CH2][Al]([CH2]C(C)C)[CH2]C(C)C.CC1=C[C@@H]2c3c(O)cc(CCc4ccccc4)cc3OC(C)(C)[C@H]2CC1.ClCCl. The summed E-state index contributed by atoms with van der Waals surface area (Å²) in [5.41, 5.74) is 9.90. The van der Waals surface area contributed by atoms with E-state index in [1.165, 1.54) is 22.3 Å². The average Bonchev–Trinajstić information content (AvgIpc) is 3.25. The molecule has 1 aliphatic heterocycles. The van der Waals surface area contributed by atoms with Gasteiger partial charge in [0.05, 0.1) is 5.34 Å². The Morgan fingerprint density at radius 3 is 1.47 bits per heavy atom. The van der Waals surface area contributed by atoms with Crippen LogP contribution in [0.5, 0.6) is 23.0 Å². The first-order valence-corrected chi connectivity index (χ1v) is 29.0. The minimum Gasteiger partial charge on any atom is -0.507 e. The molecule has 2 aliphatic carbocycles. The normalized spacial score (nSPS) is 19.1. The van der Waals surface area contributed by atoms with Crippen molar-refractivity contribution in [2.24, 2.45) is 29.6 Å². The minimum absolute atomic E-state index is 0.00979. The van der Waals surface area contributed by atoms with Gasteiger partial charge in [0.2, 0.25) is 0 Å². The van der Waals surface area contributed by atoms with E-state index in [1.54, 1.807) is 15.8 Å². The molecule has 1 heterocycles. The minimum atomic E-state index is -0.407. The van der Waals surface area contributed by atoms with Crippen molar-refractivity contribution in [3.63, 3.8) is 0 Å². The molecular formula is C61H85AlCl2O4. The number of phenolic OH excluding ortho intramolecular Hbond substituents is 3. The second-order valence-corrected chi connectivity index (χ2v) is 25.8. The van der Waals surface area contributed by atoms with E-state index >= 15 is 0 Å². The average molecular weight is 980 g/mol. The summed E-state index contributed by atoms with van der Waals surface area (Å²) in [6.45, 7) is 29.1. The molecule has 3 aliphatic rings. The van der Waals surface area contributed by atoms with Crippen LogP contribution in [0.1, 0.15) is 147 Å². The molecular weight excluding hydrogens is 895 g/mol. The van der Waals surface area contributed by atoms with Gasteiger partial charge in [-0.25, -0.2) is 0 Å². The van der Waals surface area contributed by atoms with E-state index in [1.807, 2.05) is 49.4 Å². The van der Waals surface area contributed by atoms with E-state index in [-0.39, 0.29) is 40.2 Å². The highest BCUT2D eigenvalue weighted by Crippen LogP contribution is 2.53. The first kappa shape index (κ1) is 57.0. The molecule has 4 atom stereocenters. The van der Waals surface area contributed by atoms with Gasteiger partial charge < -0.3 is 20.1 Å². The topological polar surface area (TPSA) is 69.9 Å². The molecule has 0 amide bonds. The molecule has 0 bridgehead atoms. The molecule has 3 N–H and O–H groups in total. The van der Waals surface area contributed by atoms with Gasteiger partial charge in [0.25, 0.3) is 14.1 Å². The fraction of sp³-hybridized carbons (Fsp3) is 0.508. The van der Waals surface area contributed by atoms with Gasteiger partial charge in [-0.15, -0.1) is 23.2 Å². The molecule has 0 fully saturated rings. The van der Waals surface area contributed by atoms with Crippen LogP contribution in [0.25, 0.3) is 0 Å². The van der Waals surface area contributed by atoms with Crippen LogP contribution in [-0.4, -0.2) is 40.4 Å². The van der Waals surface area contributed by atoms with Crippen molar-refractivity contribution in [3.05, 3.63) is 154 Å². The third kappa shape index (κ3) is 17.7. The lowest BCUT2D eigenvalue weighted by Crippen LogP contribution is -2.45. The molecule has 7 rings (SSSR count). The van der Waals surface area contributed by atoms with E-state index in [4.69, 9.17) is 27.9 Å². The molecule has 0 aromatic heterocycles. The van der Waals surface area contributed by atoms with Crippen molar-refractivity contribution in [3.8, 4) is 23.0 Å². The number of hydrogen-bond donors (Lipinski definition) is 3. The molecule has 370 valence electrons. The Morgan fingerprint density at radius 2 is 1.03 bits per heavy atom. The van der Waals surface area contributed by atoms with Gasteiger partial charge in [-0.2, -0.15) is 0 Å². The number of phenols is 3. The van der Waals surface area contributed by atoms with Gasteiger partial charge in [-0.05, 0) is 138 Å². The molecule has 0 saturated heterocycles. The van der Waals surface area contributed by atoms with Crippen LogP contribution in [0.3, 0.4) is 0 Å². The molecule has 0 saturated carbocycles. The molecule has 0 unspecified atom stereocenters. The maximum atomic E-state index is 10.8. The lowest BCUT2D eigenvalue weighted by molar-refractivity contribution is 0.0107. The number of aryl methyl sites for hydroxylation is 4. The summed E-state index contributed by atoms with van der Waals surface area (Å²) in [5, 5.41) is 37.0. The number of alkyl halides is 2. The molecule has 4 aromatic carbocycles. The first-order valence-electron chi connectivity index (χ1n) is 25.5. The zero-order chi connectivity index (χ0) is 50.1. The van der Waals surface area contributed by atoms with Crippen LogP contribution in [0.15, 0.2) is 120 Å². The van der Waals surface area contributed by atoms with Crippen molar-refractivity contribution in [2.75, 3.05) is 5.34 Å². The molecule has 7 heteroatoms. The predicted molar refractivity (Wildman–Crippen MR) is 295 cm³/mol. The smallest absolute Gasteiger partial charge is 0.262 e. The predicted octanol–water partition coefficient (Wildman–Crippen LogP) is 17.6. The highest BCUT2D eigenvalue weighted by atomic mass is 35.5. The highest BCUT2D eigenvalue weighted by Gasteiger charge is 2.45. The van der Waals surface area contributed by atoms with Crippen LogP contribution in [0, 0.1) is 29.6 Å². The van der Waals surface area contributed by atoms with Crippen molar-refractivity contribution in [1.82, 2.24) is 0 Å². The summed E-state index contributed by atoms with van der Waals surface area (Å²) < 4.78 is 6.41. The zero-order valence-electron chi connectivity index (χ0n) is 43.6. The fourth-order valence-electron chi connectivity index (χ4n) is 11.0. The number of aromatic hydroxyl groups is 3. The third-order valence-corrected chi connectivity index (χ3v) is 18.8. The summed E-state index contributed by atoms with van der Waals surface area (Å²) in [5.74, 6) is 5.33. The molecule has 4 aromatic rings. The summed E-state index contributed by atoms with van der Waals surface area (Å²) in [6.07, 6.45) is 12.4. The third-order valence-electron chi connectivity index (χ3n) is 13.9. The van der Waals surface area contributed by atoms with Crippen LogP contribution in [-0.2, 0) is 25.7 Å². The second kappa shape index (κ2) is 27.7. The Hall–Kier alpha value is -3.59. The van der Waals surface area contributed by atoms with E-state index in [0.717, 1.165) is 97.1 Å². The first-order chi connectivity index (χ1) is 32.2. The van der Waals surface area contributed by atoms with Gasteiger partial charge in [-0.3, -0.25) is 0 Å². The van der Waals surface area contributed by atoms with Crippen molar-refractivity contribution < 1.29 is 20.1 Å². The van der Waals surface area contributed by atoms with Crippen LogP contribution < -0.4 is 4.74 Å². The Kier molecular flexibility index (Phi) is 23.2. The standard InChI is InChI=1S/2C24H28O2.3C4H9.CH2Cl2.Al/c1-16-9-12-20-19(13-16)23-21(25)14-18(15-22(23)26-24(20,2)3)11-10-17-7-5-4-6-8-17;1-16(2)20-12-9-17(3)13-21(20)24-22(25)14-19(15-23(24)26)11-10-18-7-5-4-6-8-18;3*1-4(2)3;2-1-3;/h4-8,13-15,19-20,25H,9-12H2,1-3H3;4-8,13-15,20-21,25-26H,1,9-12H2,2-3H3;3*4H,1H2,2-3H3;1H2;/t19-,20-;20-,21+;;;;;/m01...../s1. The highest BCUT2D eigenvalue weighted by molar-refractivity contribution is 6.58. The molecule has 0 spiro atoms. The Balaban J connectivity index is 0.000000228. The Labute approximate surface area is 427 Å². The summed E-state index contributed by atoms with van der Waals surface area (Å²) in [7, 11) is 0. The lowest BCUT2D eigenvalue weighted by Gasteiger charge is -2.46. The Bertz CT molecular complexity index is 2180. The number of halogens is 2. The van der Waals surface area contributed by atoms with Crippen LogP contribution in [0.4, 0.5) is 0 Å². The van der Waals surface area contributed by atoms with Crippen molar-refractivity contribution in [1.29, 1.82) is 0 Å². The number of ether oxygens (including phenoxy) is 1. The van der Waals surface area contributed by atoms with Crippen LogP contribution in [0.2, 0.25) is 15.8 Å². The molecule has 4 nitrogen and oxygen atoms in total. The fourth-order valence-corrected chi connectivity index (χ4v) is 15.5. The zero-order valence-corrected chi connectivity index (χ0v) is 46.2. The number of benzene rings is 4. The van der Waals surface area contributed by atoms with E-state index in [0.29, 0.717) is 17.2 Å². The monoisotopic (exact) mass is 979 g/mol. The lowest BCUT2D eigenvalue weighted by atomic mass is 9.68. The quantitative estimate of drug-likeness (QED) is 0.0669. The Morgan fingerprint density at radius 1 is 0.632 bits per heavy atom. The number of fused-ring (bicyclic) bond motifs is 3. The van der Waals surface area contributed by atoms with E-state index < -0.39 is 14.1 Å². The van der Waals surface area contributed by atoms with Crippen LogP contribution >= 0.6 is 23.2 Å². The van der Waals surface area contributed by atoms with E-state index in [2.05, 4.69) is 130 Å². The number of allylic oxidation sites excluding steroid dienone is 5. The summed E-state index contributed by atoms with van der Waals surface area (Å²) >= 11 is 9.12. The summed E-state index contributed by atoms with van der Waals surface area (Å²) in [4.78, 5) is 0. The summed E-state index contributed by atoms with van der Waals surface area (Å²) in [6, 6.07) is 28.5. The second-order valence-electron chi connectivity index (χ2n) is 21.8. The van der Waals surface area contributed by atoms with Gasteiger partial charge in [0.15, 0.2) is 0 Å². The van der Waals surface area contributed by atoms with E-state index in [9.17, 15) is 15.3 Å². The van der Waals surface area contributed by atoms with Gasteiger partial charge in [0.1, 0.15) is 28.6 Å². The number of hydrogen-bond acceptors (Lipinski definition) is 4. The van der Waals surface area contributed by atoms with Crippen molar-refractivity contribution >= 4 is 37.4 Å². The van der Waals surface area contributed by atoms with Gasteiger partial charge in [-0.1, -0.05) is 171 Å². The van der Waals surface area contributed by atoms with Crippen molar-refractivity contribution in [2.45, 2.75) is 161 Å². The molecule has 68 heavy (non-hydrogen) atoms. The molecule has 0 radical (unpaired) electrons. The van der Waals surface area contributed by atoms with Gasteiger partial charge >= 0.3 is 0 Å². The van der Waals surface area contributed by atoms with Gasteiger partial charge in [0, 0.05) is 28.9 Å². The maximum Gasteiger partial charge on any atom is 0.262 e. The largest absolute Gasteiger partial charge is 0.507 e. The maximum absolute atomic E-state index is 10.8. The number of rotatable bonds is 14.